The number of carbonyl (C=O) groups is 1. The van der Waals surface area contributed by atoms with Crippen LogP contribution in [0.2, 0.25) is 0 Å². The van der Waals surface area contributed by atoms with Crippen molar-refractivity contribution in [3.8, 4) is 0 Å². The lowest BCUT2D eigenvalue weighted by molar-refractivity contribution is -0.119. The maximum atomic E-state index is 11.7. The standard InChI is InChI=1S/C5H8ClFO/c1-5(2,3-7)4(6)8/h3H2,1-2H3. The molecule has 0 heterocycles. The highest BCUT2D eigenvalue weighted by molar-refractivity contribution is 6.64. The van der Waals surface area contributed by atoms with Crippen molar-refractivity contribution in [2.24, 2.45) is 5.41 Å². The first-order chi connectivity index (χ1) is 3.50. The second-order valence-electron chi connectivity index (χ2n) is 2.29. The first-order valence-electron chi connectivity index (χ1n) is 2.26. The van der Waals surface area contributed by atoms with E-state index in [1.807, 2.05) is 0 Å². The van der Waals surface area contributed by atoms with Gasteiger partial charge in [-0.1, -0.05) is 0 Å². The highest BCUT2D eigenvalue weighted by Gasteiger charge is 2.25. The van der Waals surface area contributed by atoms with Gasteiger partial charge in [0.1, 0.15) is 6.67 Å². The van der Waals surface area contributed by atoms with Gasteiger partial charge in [0.15, 0.2) is 0 Å². The summed E-state index contributed by atoms with van der Waals surface area (Å²) in [5.74, 6) is 0. The lowest BCUT2D eigenvalue weighted by Gasteiger charge is -2.12. The Morgan fingerprint density at radius 2 is 2.12 bits per heavy atom. The van der Waals surface area contributed by atoms with E-state index in [4.69, 9.17) is 11.6 Å². The van der Waals surface area contributed by atoms with Crippen LogP contribution in [0.1, 0.15) is 13.8 Å². The summed E-state index contributed by atoms with van der Waals surface area (Å²) in [5, 5.41) is -0.625. The molecule has 0 radical (unpaired) electrons. The monoisotopic (exact) mass is 138 g/mol. The Kier molecular flexibility index (Phi) is 2.41. The molecular weight excluding hydrogens is 131 g/mol. The molecule has 0 saturated carbocycles. The second-order valence-corrected chi connectivity index (χ2v) is 2.63. The van der Waals surface area contributed by atoms with E-state index >= 15 is 0 Å². The van der Waals surface area contributed by atoms with Gasteiger partial charge in [0.25, 0.3) is 0 Å². The van der Waals surface area contributed by atoms with Gasteiger partial charge >= 0.3 is 0 Å². The van der Waals surface area contributed by atoms with Crippen molar-refractivity contribution in [3.05, 3.63) is 0 Å². The molecule has 1 nitrogen and oxygen atoms in total. The van der Waals surface area contributed by atoms with E-state index in [0.29, 0.717) is 0 Å². The number of hydrogen-bond acceptors (Lipinski definition) is 1. The van der Waals surface area contributed by atoms with Gasteiger partial charge in [0.2, 0.25) is 5.24 Å². The predicted octanol–water partition coefficient (Wildman–Crippen LogP) is 1.75. The maximum Gasteiger partial charge on any atom is 0.229 e. The minimum absolute atomic E-state index is 0.625. The minimum Gasteiger partial charge on any atom is -0.281 e. The van der Waals surface area contributed by atoms with E-state index in [0.717, 1.165) is 0 Å². The van der Waals surface area contributed by atoms with E-state index < -0.39 is 17.3 Å². The summed E-state index contributed by atoms with van der Waals surface area (Å²) < 4.78 is 11.7. The Balaban J connectivity index is 3.91. The zero-order chi connectivity index (χ0) is 6.78. The largest absolute Gasteiger partial charge is 0.281 e. The molecule has 0 rings (SSSR count). The molecule has 8 heavy (non-hydrogen) atoms. The van der Waals surface area contributed by atoms with Crippen molar-refractivity contribution in [1.29, 1.82) is 0 Å². The van der Waals surface area contributed by atoms with Gasteiger partial charge in [-0.2, -0.15) is 0 Å². The van der Waals surface area contributed by atoms with E-state index in [1.165, 1.54) is 13.8 Å². The highest BCUT2D eigenvalue weighted by Crippen LogP contribution is 2.18. The van der Waals surface area contributed by atoms with Crippen molar-refractivity contribution in [3.63, 3.8) is 0 Å². The van der Waals surface area contributed by atoms with Gasteiger partial charge in [-0.05, 0) is 25.4 Å². The fourth-order valence-electron chi connectivity index (χ4n) is 0.0525. The van der Waals surface area contributed by atoms with Crippen LogP contribution >= 0.6 is 11.6 Å². The van der Waals surface area contributed by atoms with E-state index in [2.05, 4.69) is 0 Å². The third-order valence-corrected chi connectivity index (χ3v) is 1.38. The van der Waals surface area contributed by atoms with Gasteiger partial charge in [-0.25, -0.2) is 4.39 Å². The van der Waals surface area contributed by atoms with Crippen molar-refractivity contribution < 1.29 is 9.18 Å². The lowest BCUT2D eigenvalue weighted by atomic mass is 9.98. The molecule has 0 bridgehead atoms. The molecule has 0 aromatic heterocycles. The summed E-state index contributed by atoms with van der Waals surface area (Å²) in [6, 6.07) is 0. The molecule has 0 fully saturated rings. The van der Waals surface area contributed by atoms with Crippen molar-refractivity contribution in [1.82, 2.24) is 0 Å². The summed E-state index contributed by atoms with van der Waals surface area (Å²) in [7, 11) is 0. The molecule has 0 saturated heterocycles. The summed E-state index contributed by atoms with van der Waals surface area (Å²) >= 11 is 4.99. The number of rotatable bonds is 2. The van der Waals surface area contributed by atoms with Crippen molar-refractivity contribution in [2.45, 2.75) is 13.8 Å². The van der Waals surface area contributed by atoms with Crippen molar-refractivity contribution in [2.75, 3.05) is 6.67 Å². The molecule has 0 aliphatic carbocycles. The van der Waals surface area contributed by atoms with Crippen LogP contribution in [0.25, 0.3) is 0 Å². The molecular formula is C5H8ClFO. The maximum absolute atomic E-state index is 11.7. The van der Waals surface area contributed by atoms with Crippen molar-refractivity contribution >= 4 is 16.8 Å². The molecule has 0 spiro atoms. The smallest absolute Gasteiger partial charge is 0.229 e. The van der Waals surface area contributed by atoms with Crippen LogP contribution in [0.3, 0.4) is 0 Å². The zero-order valence-corrected chi connectivity index (χ0v) is 5.63. The molecule has 0 atom stereocenters. The lowest BCUT2D eigenvalue weighted by Crippen LogP contribution is -2.21. The third kappa shape index (κ3) is 1.78. The quantitative estimate of drug-likeness (QED) is 0.532. The first-order valence-corrected chi connectivity index (χ1v) is 2.64. The summed E-state index contributed by atoms with van der Waals surface area (Å²) in [4.78, 5) is 10.2. The SMILES string of the molecule is CC(C)(CF)C(=O)Cl. The molecule has 3 heteroatoms. The van der Waals surface area contributed by atoms with Crippen LogP contribution in [-0.4, -0.2) is 11.9 Å². The molecule has 0 aliphatic rings. The molecule has 0 unspecified atom stereocenters. The van der Waals surface area contributed by atoms with Crippen LogP contribution < -0.4 is 0 Å². The normalized spacial score (nSPS) is 11.5. The Morgan fingerprint density at radius 1 is 1.75 bits per heavy atom. The van der Waals surface area contributed by atoms with E-state index in [1.54, 1.807) is 0 Å². The minimum atomic E-state index is -0.998. The van der Waals surface area contributed by atoms with Gasteiger partial charge in [0.05, 0.1) is 5.41 Å². The fourth-order valence-corrected chi connectivity index (χ4v) is 0.103. The molecule has 0 aromatic rings. The highest BCUT2D eigenvalue weighted by atomic mass is 35.5. The van der Waals surface area contributed by atoms with Crippen LogP contribution in [0.15, 0.2) is 0 Å². The predicted molar refractivity (Wildman–Crippen MR) is 30.6 cm³/mol. The molecule has 0 aromatic carbocycles. The van der Waals surface area contributed by atoms with Crippen LogP contribution in [0, 0.1) is 5.41 Å². The molecule has 0 amide bonds. The molecule has 48 valence electrons. The van der Waals surface area contributed by atoms with E-state index in [-0.39, 0.29) is 0 Å². The average molecular weight is 139 g/mol. The molecule has 0 aliphatic heterocycles. The average Bonchev–Trinajstić information content (AvgIpc) is 1.67. The summed E-state index contributed by atoms with van der Waals surface area (Å²) in [5.41, 5.74) is -0.998. The zero-order valence-electron chi connectivity index (χ0n) is 4.87. The topological polar surface area (TPSA) is 17.1 Å². The first kappa shape index (κ1) is 7.89. The van der Waals surface area contributed by atoms with Gasteiger partial charge in [-0.15, -0.1) is 0 Å². The fraction of sp³-hybridized carbons (Fsp3) is 0.800. The Morgan fingerprint density at radius 3 is 2.12 bits per heavy atom. The van der Waals surface area contributed by atoms with Gasteiger partial charge in [-0.3, -0.25) is 4.79 Å². The number of hydrogen-bond donors (Lipinski definition) is 0. The molecule has 0 N–H and O–H groups in total. The number of carbonyl (C=O) groups excluding carboxylic acids is 1. The number of halogens is 2. The summed E-state index contributed by atoms with van der Waals surface area (Å²) in [6.45, 7) is 2.22. The Labute approximate surface area is 52.8 Å². The Bertz CT molecular complexity index is 101. The Hall–Kier alpha value is -0.110. The second kappa shape index (κ2) is 2.44. The van der Waals surface area contributed by atoms with Crippen LogP contribution in [-0.2, 0) is 4.79 Å². The van der Waals surface area contributed by atoms with Crippen LogP contribution in [0.4, 0.5) is 4.39 Å². The number of alkyl halides is 1. The van der Waals surface area contributed by atoms with E-state index in [9.17, 15) is 9.18 Å². The van der Waals surface area contributed by atoms with Gasteiger partial charge < -0.3 is 0 Å². The summed E-state index contributed by atoms with van der Waals surface area (Å²) in [6.07, 6.45) is 0. The third-order valence-electron chi connectivity index (χ3n) is 0.866. The van der Waals surface area contributed by atoms with Gasteiger partial charge in [0, 0.05) is 0 Å². The van der Waals surface area contributed by atoms with Crippen LogP contribution in [0.5, 0.6) is 0 Å².